The normalized spacial score (nSPS) is 14.1. The van der Waals surface area contributed by atoms with E-state index in [1.54, 1.807) is 0 Å². The number of phosphoric acid groups is 1. The highest BCUT2D eigenvalue weighted by molar-refractivity contribution is 7.45. The van der Waals surface area contributed by atoms with Crippen molar-refractivity contribution in [2.75, 3.05) is 40.9 Å². The molecule has 0 aromatic carbocycles. The number of unbranched alkanes of at least 4 members (excludes halogenated alkanes) is 34. The summed E-state index contributed by atoms with van der Waals surface area (Å²) in [5, 5.41) is 3.02. The number of carbonyl (C=O) groups is 2. The van der Waals surface area contributed by atoms with Crippen molar-refractivity contribution < 1.29 is 37.3 Å². The van der Waals surface area contributed by atoms with E-state index in [9.17, 15) is 19.0 Å². The Morgan fingerprint density at radius 3 is 1.36 bits per heavy atom. The van der Waals surface area contributed by atoms with Crippen LogP contribution in [0.2, 0.25) is 0 Å². The van der Waals surface area contributed by atoms with Crippen LogP contribution >= 0.6 is 7.82 Å². The molecular formula is C67H123N2O7P. The summed E-state index contributed by atoms with van der Waals surface area (Å²) in [6.07, 6.45) is 73.1. The van der Waals surface area contributed by atoms with Crippen LogP contribution in [0.4, 0.5) is 0 Å². The van der Waals surface area contributed by atoms with Gasteiger partial charge in [0.2, 0.25) is 5.91 Å². The zero-order valence-electron chi connectivity index (χ0n) is 51.2. The minimum atomic E-state index is -4.70. The Labute approximate surface area is 476 Å². The third kappa shape index (κ3) is 57.9. The first-order chi connectivity index (χ1) is 37.4. The van der Waals surface area contributed by atoms with Crippen LogP contribution in [0, 0.1) is 0 Å². The van der Waals surface area contributed by atoms with E-state index in [1.807, 2.05) is 33.3 Å². The predicted octanol–water partition coefficient (Wildman–Crippen LogP) is 19.4. The molecule has 9 nitrogen and oxygen atoms in total. The summed E-state index contributed by atoms with van der Waals surface area (Å²) in [7, 11) is 1.17. The smallest absolute Gasteiger partial charge is 0.306 e. The number of esters is 1. The number of nitrogens with one attached hydrogen (secondary N) is 1. The minimum Gasteiger partial charge on any atom is -0.756 e. The lowest BCUT2D eigenvalue weighted by molar-refractivity contribution is -0.870. The number of ether oxygens (including phenoxy) is 1. The molecular weight excluding hydrogens is 976 g/mol. The van der Waals surface area contributed by atoms with Gasteiger partial charge in [0.15, 0.2) is 0 Å². The van der Waals surface area contributed by atoms with Gasteiger partial charge in [0.05, 0.1) is 33.8 Å². The van der Waals surface area contributed by atoms with Crippen molar-refractivity contribution in [1.29, 1.82) is 0 Å². The van der Waals surface area contributed by atoms with Gasteiger partial charge >= 0.3 is 5.97 Å². The molecule has 3 atom stereocenters. The second-order valence-corrected chi connectivity index (χ2v) is 24.4. The number of nitrogens with zero attached hydrogens (tertiary/aromatic N) is 1. The first kappa shape index (κ1) is 74.5. The number of carbonyl (C=O) groups excluding carboxylic acids is 2. The summed E-state index contributed by atoms with van der Waals surface area (Å²) in [6.45, 7) is 6.69. The fourth-order valence-corrected chi connectivity index (χ4v) is 9.92. The number of quaternary nitrogens is 1. The molecule has 0 saturated heterocycles. The third-order valence-corrected chi connectivity index (χ3v) is 15.1. The summed E-state index contributed by atoms with van der Waals surface area (Å²) in [6, 6.07) is -0.896. The molecule has 0 bridgehead atoms. The second kappa shape index (κ2) is 56.7. The summed E-state index contributed by atoms with van der Waals surface area (Å²) < 4.78 is 30.3. The zero-order chi connectivity index (χ0) is 56.4. The van der Waals surface area contributed by atoms with Crippen LogP contribution in [-0.4, -0.2) is 69.4 Å². The van der Waals surface area contributed by atoms with Crippen molar-refractivity contribution >= 4 is 19.7 Å². The Bertz CT molecular complexity index is 1550. The van der Waals surface area contributed by atoms with Crippen molar-refractivity contribution in [2.45, 2.75) is 303 Å². The molecule has 0 aliphatic heterocycles. The van der Waals surface area contributed by atoms with E-state index in [2.05, 4.69) is 86.8 Å². The monoisotopic (exact) mass is 1100 g/mol. The lowest BCUT2D eigenvalue weighted by atomic mass is 10.0. The van der Waals surface area contributed by atoms with E-state index in [0.717, 1.165) is 83.5 Å². The van der Waals surface area contributed by atoms with Gasteiger partial charge in [-0.25, -0.2) is 0 Å². The maximum absolute atomic E-state index is 13.5. The highest BCUT2D eigenvalue weighted by atomic mass is 31.2. The number of allylic oxidation sites excluding steroid dienone is 11. The Hall–Kier alpha value is -2.55. The molecule has 0 aliphatic rings. The Morgan fingerprint density at radius 1 is 0.481 bits per heavy atom. The quantitative estimate of drug-likeness (QED) is 0.0161. The van der Waals surface area contributed by atoms with Crippen molar-refractivity contribution in [2.24, 2.45) is 0 Å². The molecule has 0 heterocycles. The van der Waals surface area contributed by atoms with Crippen LogP contribution in [0.5, 0.6) is 0 Å². The van der Waals surface area contributed by atoms with E-state index < -0.39 is 26.6 Å². The van der Waals surface area contributed by atoms with E-state index in [4.69, 9.17) is 13.8 Å². The van der Waals surface area contributed by atoms with Crippen molar-refractivity contribution in [1.82, 2.24) is 5.32 Å². The number of hydrogen-bond donors (Lipinski definition) is 1. The van der Waals surface area contributed by atoms with E-state index >= 15 is 0 Å². The van der Waals surface area contributed by atoms with Crippen molar-refractivity contribution in [3.05, 3.63) is 72.9 Å². The molecule has 0 fully saturated rings. The third-order valence-electron chi connectivity index (χ3n) is 14.2. The predicted molar refractivity (Wildman–Crippen MR) is 330 cm³/mol. The molecule has 10 heteroatoms. The molecule has 77 heavy (non-hydrogen) atoms. The van der Waals surface area contributed by atoms with Crippen LogP contribution in [0.3, 0.4) is 0 Å². The largest absolute Gasteiger partial charge is 0.756 e. The van der Waals surface area contributed by atoms with Crippen molar-refractivity contribution in [3.63, 3.8) is 0 Å². The summed E-state index contributed by atoms with van der Waals surface area (Å²) >= 11 is 0. The van der Waals surface area contributed by atoms with Crippen LogP contribution in [0.15, 0.2) is 72.9 Å². The lowest BCUT2D eigenvalue weighted by Gasteiger charge is -2.30. The average Bonchev–Trinajstić information content (AvgIpc) is 3.39. The number of rotatable bonds is 58. The molecule has 0 aliphatic carbocycles. The van der Waals surface area contributed by atoms with Gasteiger partial charge in [-0.1, -0.05) is 267 Å². The van der Waals surface area contributed by atoms with Crippen LogP contribution in [0.25, 0.3) is 0 Å². The first-order valence-corrected chi connectivity index (χ1v) is 33.7. The lowest BCUT2D eigenvalue weighted by Crippen LogP contribution is -2.47. The van der Waals surface area contributed by atoms with Gasteiger partial charge in [-0.3, -0.25) is 14.2 Å². The van der Waals surface area contributed by atoms with E-state index in [-0.39, 0.29) is 24.9 Å². The van der Waals surface area contributed by atoms with Gasteiger partial charge < -0.3 is 28.5 Å². The fraction of sp³-hybridized carbons (Fsp3) is 0.791. The molecule has 0 radical (unpaired) electrons. The van der Waals surface area contributed by atoms with Gasteiger partial charge in [0.25, 0.3) is 7.82 Å². The van der Waals surface area contributed by atoms with Crippen LogP contribution in [-0.2, 0) is 27.9 Å². The maximum atomic E-state index is 13.5. The molecule has 1 amide bonds. The van der Waals surface area contributed by atoms with Gasteiger partial charge in [0.1, 0.15) is 19.3 Å². The molecule has 448 valence electrons. The molecule has 0 spiro atoms. The molecule has 0 rings (SSSR count). The highest BCUT2D eigenvalue weighted by Gasteiger charge is 2.27. The first-order valence-electron chi connectivity index (χ1n) is 32.3. The summed E-state index contributed by atoms with van der Waals surface area (Å²) in [5.41, 5.74) is 0. The van der Waals surface area contributed by atoms with Gasteiger partial charge in [0, 0.05) is 12.8 Å². The number of hydrogen-bond acceptors (Lipinski definition) is 7. The molecule has 0 aromatic heterocycles. The standard InChI is InChI=1S/C67H123N2O7P/c1-7-10-13-16-19-22-25-27-29-30-31-32-33-34-35-36-37-38-40-42-45-48-51-54-57-60-67(71)76-65(58-55-52-49-46-43-24-21-18-15-12-9-3)64(63-75-77(72,73)74-62-61-69(4,5)6)68-66(70)59-56-53-50-47-44-41-39-28-26-23-20-17-14-11-8-2/h11,14,17,19-20,22-23,26-27,29,55,58,64-65H,7-10,12-13,15-16,18,21,24-25,28,30-54,56-57,59-63H2,1-6H3,(H-,68,70,72,73)/b14-11+,20-17+,22-19-,26-23+,29-27-,58-55-. The number of likely N-dealkylation sites (N-methyl/N-ethyl adjacent to an activating group) is 1. The average molecular weight is 1100 g/mol. The Balaban J connectivity index is 5.06. The summed E-state index contributed by atoms with van der Waals surface area (Å²) in [5.74, 6) is -0.551. The molecule has 1 N–H and O–H groups in total. The second-order valence-electron chi connectivity index (χ2n) is 22.9. The molecule has 0 saturated carbocycles. The minimum absolute atomic E-state index is 0.0264. The summed E-state index contributed by atoms with van der Waals surface area (Å²) in [4.78, 5) is 40.0. The van der Waals surface area contributed by atoms with Crippen molar-refractivity contribution in [3.8, 4) is 0 Å². The zero-order valence-corrected chi connectivity index (χ0v) is 52.0. The fourth-order valence-electron chi connectivity index (χ4n) is 9.20. The number of phosphoric ester groups is 1. The topological polar surface area (TPSA) is 114 Å². The Morgan fingerprint density at radius 2 is 0.883 bits per heavy atom. The van der Waals surface area contributed by atoms with Gasteiger partial charge in [-0.05, 0) is 83.1 Å². The molecule has 3 unspecified atom stereocenters. The van der Waals surface area contributed by atoms with Crippen LogP contribution in [0.1, 0.15) is 290 Å². The maximum Gasteiger partial charge on any atom is 0.306 e. The SMILES string of the molecule is CC/C=C/C=C/C=C/CCCCCCCCCC(=O)NC(COP(=O)([O-])OCC[N+](C)(C)C)C(/C=C\CCCCCCCCCCC)OC(=O)CCCCCCCCCCCCCCCCC/C=C\C/C=C\CCCCC. The highest BCUT2D eigenvalue weighted by Crippen LogP contribution is 2.38. The molecule has 0 aromatic rings. The van der Waals surface area contributed by atoms with Crippen LogP contribution < -0.4 is 10.2 Å². The van der Waals surface area contributed by atoms with Gasteiger partial charge in [-0.2, -0.15) is 0 Å². The number of amides is 1. The van der Waals surface area contributed by atoms with E-state index in [1.165, 1.54) is 173 Å². The Kier molecular flexibility index (Phi) is 54.8. The van der Waals surface area contributed by atoms with Gasteiger partial charge in [-0.15, -0.1) is 0 Å². The van der Waals surface area contributed by atoms with E-state index in [0.29, 0.717) is 17.4 Å².